The van der Waals surface area contributed by atoms with E-state index in [0.29, 0.717) is 15.6 Å². The van der Waals surface area contributed by atoms with E-state index in [2.05, 4.69) is 10.3 Å². The van der Waals surface area contributed by atoms with Gasteiger partial charge in [-0.25, -0.2) is 4.98 Å². The number of carbonyl (C=O) groups is 2. The van der Waals surface area contributed by atoms with Crippen molar-refractivity contribution in [1.82, 2.24) is 10.3 Å². The van der Waals surface area contributed by atoms with Crippen molar-refractivity contribution >= 4 is 46.4 Å². The molecule has 0 radical (unpaired) electrons. The van der Waals surface area contributed by atoms with Gasteiger partial charge in [-0.15, -0.1) is 11.3 Å². The van der Waals surface area contributed by atoms with Crippen LogP contribution in [-0.4, -0.2) is 22.0 Å². The van der Waals surface area contributed by atoms with E-state index in [4.69, 9.17) is 23.2 Å². The van der Waals surface area contributed by atoms with Gasteiger partial charge in [0.05, 0.1) is 22.5 Å². The Morgan fingerprint density at radius 2 is 1.85 bits per heavy atom. The van der Waals surface area contributed by atoms with E-state index >= 15 is 0 Å². The van der Waals surface area contributed by atoms with Crippen molar-refractivity contribution in [2.24, 2.45) is 0 Å². The number of aliphatic carboxylic acids is 1. The molecule has 2 aromatic carbocycles. The van der Waals surface area contributed by atoms with E-state index in [1.54, 1.807) is 23.6 Å². The topological polar surface area (TPSA) is 79.3 Å². The predicted octanol–water partition coefficient (Wildman–Crippen LogP) is 5.06. The van der Waals surface area contributed by atoms with Crippen molar-refractivity contribution < 1.29 is 14.7 Å². The van der Waals surface area contributed by atoms with Crippen molar-refractivity contribution in [2.75, 3.05) is 0 Å². The van der Waals surface area contributed by atoms with Gasteiger partial charge in [-0.05, 0) is 11.6 Å². The van der Waals surface area contributed by atoms with Crippen molar-refractivity contribution in [3.05, 3.63) is 75.2 Å². The molecule has 1 aromatic heterocycles. The molecule has 0 saturated heterocycles. The summed E-state index contributed by atoms with van der Waals surface area (Å²) in [5, 5.41) is 14.7. The summed E-state index contributed by atoms with van der Waals surface area (Å²) < 4.78 is 0. The lowest BCUT2D eigenvalue weighted by Crippen LogP contribution is -2.30. The Labute approximate surface area is 169 Å². The normalized spacial score (nSPS) is 11.8. The van der Waals surface area contributed by atoms with Crippen LogP contribution in [0.2, 0.25) is 10.0 Å². The molecule has 138 valence electrons. The molecule has 0 aliphatic heterocycles. The Morgan fingerprint density at radius 1 is 1.11 bits per heavy atom. The Kier molecular flexibility index (Phi) is 6.11. The average molecular weight is 421 g/mol. The average Bonchev–Trinajstić information content (AvgIpc) is 3.14. The van der Waals surface area contributed by atoms with Crippen LogP contribution < -0.4 is 5.32 Å². The predicted molar refractivity (Wildman–Crippen MR) is 106 cm³/mol. The number of amides is 1. The summed E-state index contributed by atoms with van der Waals surface area (Å²) in [6.45, 7) is 0. The van der Waals surface area contributed by atoms with Crippen LogP contribution in [-0.2, 0) is 4.79 Å². The van der Waals surface area contributed by atoms with Crippen molar-refractivity contribution in [2.45, 2.75) is 12.5 Å². The second-order valence-corrected chi connectivity index (χ2v) is 7.31. The lowest BCUT2D eigenvalue weighted by atomic mass is 10.0. The molecule has 0 bridgehead atoms. The zero-order valence-electron chi connectivity index (χ0n) is 13.9. The first kappa shape index (κ1) is 19.4. The summed E-state index contributed by atoms with van der Waals surface area (Å²) in [6.07, 6.45) is -0.332. The molecular formula is C19H14Cl2N2O3S. The second-order valence-electron chi connectivity index (χ2n) is 5.67. The molecular weight excluding hydrogens is 407 g/mol. The number of carboxylic acids is 1. The van der Waals surface area contributed by atoms with Gasteiger partial charge in [0.15, 0.2) is 0 Å². The molecule has 1 atom stereocenters. The first-order valence-corrected chi connectivity index (χ1v) is 9.56. The summed E-state index contributed by atoms with van der Waals surface area (Å²) in [4.78, 5) is 28.2. The number of halogens is 2. The van der Waals surface area contributed by atoms with Crippen LogP contribution in [0.3, 0.4) is 0 Å². The van der Waals surface area contributed by atoms with Crippen molar-refractivity contribution in [1.29, 1.82) is 0 Å². The van der Waals surface area contributed by atoms with Gasteiger partial charge in [0.2, 0.25) is 0 Å². The molecule has 2 N–H and O–H groups in total. The third kappa shape index (κ3) is 4.66. The Morgan fingerprint density at radius 3 is 2.56 bits per heavy atom. The van der Waals surface area contributed by atoms with Crippen LogP contribution in [0.25, 0.3) is 10.6 Å². The molecule has 0 aliphatic carbocycles. The number of benzene rings is 2. The van der Waals surface area contributed by atoms with Gasteiger partial charge >= 0.3 is 5.97 Å². The maximum Gasteiger partial charge on any atom is 0.305 e. The van der Waals surface area contributed by atoms with E-state index in [-0.39, 0.29) is 17.1 Å². The molecule has 1 heterocycles. The van der Waals surface area contributed by atoms with Gasteiger partial charge in [0.1, 0.15) is 10.7 Å². The number of nitrogens with one attached hydrogen (secondary N) is 1. The molecule has 8 heteroatoms. The van der Waals surface area contributed by atoms with Crippen LogP contribution in [0, 0.1) is 0 Å². The summed E-state index contributed by atoms with van der Waals surface area (Å²) >= 11 is 13.5. The highest BCUT2D eigenvalue weighted by molar-refractivity contribution is 7.13. The maximum absolute atomic E-state index is 12.6. The fourth-order valence-electron chi connectivity index (χ4n) is 2.53. The van der Waals surface area contributed by atoms with Gasteiger partial charge in [0.25, 0.3) is 5.91 Å². The largest absolute Gasteiger partial charge is 0.481 e. The fourth-order valence-corrected chi connectivity index (χ4v) is 3.77. The second kappa shape index (κ2) is 8.52. The Bertz CT molecular complexity index is 976. The molecule has 3 rings (SSSR count). The number of hydrogen-bond acceptors (Lipinski definition) is 4. The molecule has 0 aliphatic rings. The smallest absolute Gasteiger partial charge is 0.305 e. The highest BCUT2D eigenvalue weighted by atomic mass is 35.5. The molecule has 1 unspecified atom stereocenters. The number of aromatic nitrogens is 1. The minimum atomic E-state index is -1.07. The van der Waals surface area contributed by atoms with E-state index in [0.717, 1.165) is 5.56 Å². The van der Waals surface area contributed by atoms with Crippen LogP contribution in [0.4, 0.5) is 0 Å². The minimum Gasteiger partial charge on any atom is -0.481 e. The van der Waals surface area contributed by atoms with Gasteiger partial charge in [-0.3, -0.25) is 9.59 Å². The van der Waals surface area contributed by atoms with E-state index < -0.39 is 17.9 Å². The first-order chi connectivity index (χ1) is 13.0. The van der Waals surface area contributed by atoms with E-state index in [1.807, 2.05) is 30.3 Å². The SMILES string of the molecule is O=C(O)CC(NC(=O)c1csc(-c2ccccc2)n1)c1cccc(Cl)c1Cl. The van der Waals surface area contributed by atoms with E-state index in [9.17, 15) is 14.7 Å². The van der Waals surface area contributed by atoms with Crippen LogP contribution >= 0.6 is 34.5 Å². The number of nitrogens with zero attached hydrogens (tertiary/aromatic N) is 1. The Hall–Kier alpha value is -2.41. The number of hydrogen-bond donors (Lipinski definition) is 2. The highest BCUT2D eigenvalue weighted by Gasteiger charge is 2.23. The van der Waals surface area contributed by atoms with Crippen LogP contribution in [0.15, 0.2) is 53.9 Å². The zero-order chi connectivity index (χ0) is 19.4. The van der Waals surface area contributed by atoms with Gasteiger partial charge < -0.3 is 10.4 Å². The lowest BCUT2D eigenvalue weighted by molar-refractivity contribution is -0.137. The quantitative estimate of drug-likeness (QED) is 0.583. The van der Waals surface area contributed by atoms with Gasteiger partial charge in [-0.2, -0.15) is 0 Å². The van der Waals surface area contributed by atoms with Crippen LogP contribution in [0.1, 0.15) is 28.5 Å². The molecule has 27 heavy (non-hydrogen) atoms. The molecule has 0 fully saturated rings. The molecule has 1 amide bonds. The van der Waals surface area contributed by atoms with E-state index in [1.165, 1.54) is 11.3 Å². The number of thiazole rings is 1. The third-order valence-electron chi connectivity index (χ3n) is 3.80. The van der Waals surface area contributed by atoms with Crippen molar-refractivity contribution in [3.8, 4) is 10.6 Å². The first-order valence-electron chi connectivity index (χ1n) is 7.93. The number of carboxylic acid groups (broad SMARTS) is 1. The third-order valence-corrected chi connectivity index (χ3v) is 5.52. The van der Waals surface area contributed by atoms with Crippen LogP contribution in [0.5, 0.6) is 0 Å². The van der Waals surface area contributed by atoms with Gasteiger partial charge in [-0.1, -0.05) is 65.7 Å². The molecule has 5 nitrogen and oxygen atoms in total. The zero-order valence-corrected chi connectivity index (χ0v) is 16.2. The Balaban J connectivity index is 1.84. The number of carbonyl (C=O) groups excluding carboxylic acids is 1. The number of rotatable bonds is 6. The monoisotopic (exact) mass is 420 g/mol. The fraction of sp³-hybridized carbons (Fsp3) is 0.105. The summed E-state index contributed by atoms with van der Waals surface area (Å²) in [7, 11) is 0. The molecule has 0 saturated carbocycles. The summed E-state index contributed by atoms with van der Waals surface area (Å²) in [5.41, 5.74) is 1.56. The molecule has 3 aromatic rings. The summed E-state index contributed by atoms with van der Waals surface area (Å²) in [5.74, 6) is -1.55. The standard InChI is InChI=1S/C19H14Cl2N2O3S/c20-13-8-4-7-12(17(13)21)14(9-16(24)25)22-18(26)15-10-27-19(23-15)11-5-2-1-3-6-11/h1-8,10,14H,9H2,(H,22,26)(H,24,25). The maximum atomic E-state index is 12.6. The van der Waals surface area contributed by atoms with Crippen molar-refractivity contribution in [3.63, 3.8) is 0 Å². The highest BCUT2D eigenvalue weighted by Crippen LogP contribution is 2.32. The minimum absolute atomic E-state index is 0.215. The lowest BCUT2D eigenvalue weighted by Gasteiger charge is -2.18. The summed E-state index contributed by atoms with van der Waals surface area (Å²) in [6, 6.07) is 13.5. The molecule has 0 spiro atoms. The van der Waals surface area contributed by atoms with Gasteiger partial charge in [0, 0.05) is 10.9 Å².